The third-order valence-electron chi connectivity index (χ3n) is 6.96. The van der Waals surface area contributed by atoms with E-state index in [0.717, 1.165) is 36.6 Å². The third kappa shape index (κ3) is 3.21. The Labute approximate surface area is 175 Å². The van der Waals surface area contributed by atoms with Crippen molar-refractivity contribution in [3.05, 3.63) is 36.0 Å². The Hall–Kier alpha value is -2.67. The summed E-state index contributed by atoms with van der Waals surface area (Å²) in [4.78, 5) is 43.8. The molecule has 7 heteroatoms. The highest BCUT2D eigenvalue weighted by Crippen LogP contribution is 2.35. The Morgan fingerprint density at radius 1 is 1.23 bits per heavy atom. The van der Waals surface area contributed by atoms with Gasteiger partial charge in [0.1, 0.15) is 18.7 Å². The van der Waals surface area contributed by atoms with Crippen molar-refractivity contribution < 1.29 is 19.1 Å². The van der Waals surface area contributed by atoms with Gasteiger partial charge in [0.05, 0.1) is 6.10 Å². The first-order chi connectivity index (χ1) is 14.5. The Kier molecular flexibility index (Phi) is 4.85. The SMILES string of the molecule is C[C@H]1CN(C(=O)[C@@H](NC(=O)c2ccc3cc[nH]c3c2)C2CCCC2)[C@@H]2C(=O)CO[C@@H]21. The van der Waals surface area contributed by atoms with Crippen molar-refractivity contribution in [3.63, 3.8) is 0 Å². The smallest absolute Gasteiger partial charge is 0.252 e. The molecule has 0 unspecified atom stereocenters. The fourth-order valence-corrected chi connectivity index (χ4v) is 5.38. The van der Waals surface area contributed by atoms with Gasteiger partial charge in [-0.3, -0.25) is 14.4 Å². The van der Waals surface area contributed by atoms with Crippen molar-refractivity contribution in [3.8, 4) is 0 Å². The molecule has 0 bridgehead atoms. The van der Waals surface area contributed by atoms with E-state index < -0.39 is 12.1 Å². The summed E-state index contributed by atoms with van der Waals surface area (Å²) in [5, 5.41) is 4.06. The molecule has 1 saturated carbocycles. The second kappa shape index (κ2) is 7.54. The second-order valence-corrected chi connectivity index (χ2v) is 8.93. The first-order valence-electron chi connectivity index (χ1n) is 10.9. The minimum absolute atomic E-state index is 0.0357. The summed E-state index contributed by atoms with van der Waals surface area (Å²) in [5.74, 6) is -0.224. The monoisotopic (exact) mass is 409 g/mol. The van der Waals surface area contributed by atoms with Gasteiger partial charge in [-0.25, -0.2) is 0 Å². The molecule has 2 N–H and O–H groups in total. The molecule has 2 saturated heterocycles. The van der Waals surface area contributed by atoms with Crippen LogP contribution in [0.25, 0.3) is 10.9 Å². The minimum atomic E-state index is -0.612. The number of nitrogens with zero attached hydrogens (tertiary/aromatic N) is 1. The van der Waals surface area contributed by atoms with Gasteiger partial charge >= 0.3 is 0 Å². The first-order valence-corrected chi connectivity index (χ1v) is 10.9. The van der Waals surface area contributed by atoms with E-state index in [1.165, 1.54) is 0 Å². The lowest BCUT2D eigenvalue weighted by Crippen LogP contribution is -2.54. The van der Waals surface area contributed by atoms with Crippen molar-refractivity contribution in [2.75, 3.05) is 13.2 Å². The molecule has 1 aromatic heterocycles. The largest absolute Gasteiger partial charge is 0.367 e. The number of hydrogen-bond acceptors (Lipinski definition) is 4. The Morgan fingerprint density at radius 2 is 2.03 bits per heavy atom. The van der Waals surface area contributed by atoms with Gasteiger partial charge in [-0.1, -0.05) is 25.8 Å². The second-order valence-electron chi connectivity index (χ2n) is 8.93. The maximum atomic E-state index is 13.6. The maximum Gasteiger partial charge on any atom is 0.252 e. The molecule has 3 heterocycles. The van der Waals surface area contributed by atoms with Gasteiger partial charge in [-0.15, -0.1) is 0 Å². The highest BCUT2D eigenvalue weighted by atomic mass is 16.5. The first kappa shape index (κ1) is 19.3. The molecule has 30 heavy (non-hydrogen) atoms. The Bertz CT molecular complexity index is 993. The van der Waals surface area contributed by atoms with Crippen LogP contribution in [-0.2, 0) is 14.3 Å². The highest BCUT2D eigenvalue weighted by Gasteiger charge is 2.52. The molecule has 1 aliphatic carbocycles. The lowest BCUT2D eigenvalue weighted by molar-refractivity contribution is -0.139. The van der Waals surface area contributed by atoms with Gasteiger partial charge in [0.15, 0.2) is 5.78 Å². The summed E-state index contributed by atoms with van der Waals surface area (Å²) in [7, 11) is 0. The van der Waals surface area contributed by atoms with Crippen LogP contribution in [0, 0.1) is 11.8 Å². The normalized spacial score (nSPS) is 27.6. The predicted molar refractivity (Wildman–Crippen MR) is 111 cm³/mol. The maximum absolute atomic E-state index is 13.6. The lowest BCUT2D eigenvalue weighted by atomic mass is 9.95. The van der Waals surface area contributed by atoms with Crippen LogP contribution in [0.3, 0.4) is 0 Å². The molecule has 0 radical (unpaired) electrons. The molecule has 5 rings (SSSR count). The van der Waals surface area contributed by atoms with Crippen LogP contribution in [0.4, 0.5) is 0 Å². The molecule has 4 atom stereocenters. The van der Waals surface area contributed by atoms with Crippen LogP contribution in [0.1, 0.15) is 43.0 Å². The molecule has 3 fully saturated rings. The van der Waals surface area contributed by atoms with Gasteiger partial charge in [-0.2, -0.15) is 0 Å². The molecule has 2 aromatic rings. The van der Waals surface area contributed by atoms with E-state index in [9.17, 15) is 14.4 Å². The van der Waals surface area contributed by atoms with Gasteiger partial charge in [0, 0.05) is 29.7 Å². The number of carbonyl (C=O) groups is 3. The van der Waals surface area contributed by atoms with Gasteiger partial charge in [0.2, 0.25) is 5.91 Å². The topological polar surface area (TPSA) is 91.5 Å². The molecule has 2 amide bonds. The van der Waals surface area contributed by atoms with Crippen molar-refractivity contribution >= 4 is 28.5 Å². The van der Waals surface area contributed by atoms with E-state index in [4.69, 9.17) is 4.74 Å². The zero-order valence-corrected chi connectivity index (χ0v) is 17.1. The van der Waals surface area contributed by atoms with Crippen LogP contribution in [0.2, 0.25) is 0 Å². The molecule has 158 valence electrons. The number of benzene rings is 1. The fourth-order valence-electron chi connectivity index (χ4n) is 5.38. The van der Waals surface area contributed by atoms with Crippen LogP contribution in [0.15, 0.2) is 30.5 Å². The van der Waals surface area contributed by atoms with E-state index in [1.807, 2.05) is 31.3 Å². The van der Waals surface area contributed by atoms with Crippen LogP contribution in [-0.4, -0.2) is 58.8 Å². The number of amides is 2. The summed E-state index contributed by atoms with van der Waals surface area (Å²) in [6.45, 7) is 2.58. The molecular weight excluding hydrogens is 382 g/mol. The number of hydrogen-bond donors (Lipinski definition) is 2. The van der Waals surface area contributed by atoms with E-state index >= 15 is 0 Å². The van der Waals surface area contributed by atoms with Crippen molar-refractivity contribution in [1.29, 1.82) is 0 Å². The number of likely N-dealkylation sites (tertiary alicyclic amines) is 1. The van der Waals surface area contributed by atoms with Crippen LogP contribution >= 0.6 is 0 Å². The number of ketones is 1. The van der Waals surface area contributed by atoms with Gasteiger partial charge in [0.25, 0.3) is 5.91 Å². The molecule has 2 aliphatic heterocycles. The number of aromatic amines is 1. The zero-order chi connectivity index (χ0) is 20.8. The number of rotatable bonds is 4. The average molecular weight is 409 g/mol. The van der Waals surface area contributed by atoms with Gasteiger partial charge < -0.3 is 19.9 Å². The molecule has 3 aliphatic rings. The predicted octanol–water partition coefficient (Wildman–Crippen LogP) is 2.27. The quantitative estimate of drug-likeness (QED) is 0.810. The van der Waals surface area contributed by atoms with E-state index in [-0.39, 0.29) is 42.1 Å². The number of Topliss-reactive ketones (excluding diaryl/α,β-unsaturated/α-hetero) is 1. The Balaban J connectivity index is 1.40. The van der Waals surface area contributed by atoms with Gasteiger partial charge in [-0.05, 0) is 42.3 Å². The summed E-state index contributed by atoms with van der Waals surface area (Å²) in [5.41, 5.74) is 1.41. The van der Waals surface area contributed by atoms with Crippen LogP contribution in [0.5, 0.6) is 0 Å². The average Bonchev–Trinajstić information content (AvgIpc) is 3.52. The summed E-state index contributed by atoms with van der Waals surface area (Å²) in [6, 6.07) is 6.32. The van der Waals surface area contributed by atoms with E-state index in [1.54, 1.807) is 11.0 Å². The Morgan fingerprint density at radius 3 is 2.83 bits per heavy atom. The number of fused-ring (bicyclic) bond motifs is 2. The lowest BCUT2D eigenvalue weighted by Gasteiger charge is -2.30. The van der Waals surface area contributed by atoms with E-state index in [0.29, 0.717) is 12.1 Å². The number of H-pyrrole nitrogens is 1. The fraction of sp³-hybridized carbons (Fsp3) is 0.522. The number of ether oxygens (including phenoxy) is 1. The minimum Gasteiger partial charge on any atom is -0.367 e. The third-order valence-corrected chi connectivity index (χ3v) is 6.96. The van der Waals surface area contributed by atoms with E-state index in [2.05, 4.69) is 10.3 Å². The number of carbonyl (C=O) groups excluding carboxylic acids is 3. The standard InChI is InChI=1S/C23H27N3O4/c1-13-11-26(20-18(27)12-30-21(13)20)23(29)19(15-4-2-3-5-15)25-22(28)16-7-6-14-8-9-24-17(14)10-16/h6-10,13,15,19-21,24H,2-5,11-12H2,1H3,(H,25,28)/t13-,19-,20+,21+/m0/s1. The highest BCUT2D eigenvalue weighted by molar-refractivity contribution is 6.01. The summed E-state index contributed by atoms with van der Waals surface area (Å²) in [6.07, 6.45) is 5.55. The number of nitrogens with one attached hydrogen (secondary N) is 2. The molecule has 0 spiro atoms. The zero-order valence-electron chi connectivity index (χ0n) is 17.1. The summed E-state index contributed by atoms with van der Waals surface area (Å²) >= 11 is 0. The van der Waals surface area contributed by atoms with Crippen LogP contribution < -0.4 is 5.32 Å². The molecule has 7 nitrogen and oxygen atoms in total. The van der Waals surface area contributed by atoms with Crippen molar-refractivity contribution in [2.45, 2.75) is 50.8 Å². The number of aromatic nitrogens is 1. The molecule has 1 aromatic carbocycles. The summed E-state index contributed by atoms with van der Waals surface area (Å²) < 4.78 is 5.64. The molecular formula is C23H27N3O4. The van der Waals surface area contributed by atoms with Crippen molar-refractivity contribution in [2.24, 2.45) is 11.8 Å². The van der Waals surface area contributed by atoms with Crippen molar-refractivity contribution in [1.82, 2.24) is 15.2 Å².